The summed E-state index contributed by atoms with van der Waals surface area (Å²) in [6.07, 6.45) is 4.84. The van der Waals surface area contributed by atoms with Crippen LogP contribution in [-0.4, -0.2) is 48.2 Å². The van der Waals surface area contributed by atoms with Gasteiger partial charge in [-0.05, 0) is 44.7 Å². The van der Waals surface area contributed by atoms with Gasteiger partial charge in [-0.25, -0.2) is 0 Å². The number of aryl methyl sites for hydroxylation is 1. The van der Waals surface area contributed by atoms with E-state index in [0.29, 0.717) is 12.5 Å². The van der Waals surface area contributed by atoms with Crippen LogP contribution < -0.4 is 14.7 Å². The van der Waals surface area contributed by atoms with Crippen molar-refractivity contribution in [3.05, 3.63) is 23.7 Å². The molecule has 7 heteroatoms. The van der Waals surface area contributed by atoms with Gasteiger partial charge < -0.3 is 19.1 Å². The number of aromatic nitrogens is 3. The molecule has 0 amide bonds. The first kappa shape index (κ1) is 16.2. The summed E-state index contributed by atoms with van der Waals surface area (Å²) in [5.41, 5.74) is 0. The molecule has 2 aromatic rings. The molecule has 4 heterocycles. The molecule has 2 aliphatic heterocycles. The van der Waals surface area contributed by atoms with Gasteiger partial charge in [0.2, 0.25) is 17.8 Å². The number of hydrogen-bond donors (Lipinski definition) is 0. The number of anilines is 3. The topological polar surface area (TPSA) is 61.5 Å². The Morgan fingerprint density at radius 2 is 1.48 bits per heavy atom. The molecule has 7 nitrogen and oxygen atoms in total. The number of nitrogens with zero attached hydrogens (tertiary/aromatic N) is 6. The predicted molar refractivity (Wildman–Crippen MR) is 98.3 cm³/mol. The van der Waals surface area contributed by atoms with Crippen LogP contribution in [0.25, 0.3) is 0 Å². The van der Waals surface area contributed by atoms with Gasteiger partial charge in [0.1, 0.15) is 11.5 Å². The molecule has 0 bridgehead atoms. The van der Waals surface area contributed by atoms with E-state index in [1.54, 1.807) is 0 Å². The normalized spacial score (nSPS) is 17.5. The lowest BCUT2D eigenvalue weighted by Crippen LogP contribution is -2.28. The zero-order chi connectivity index (χ0) is 17.2. The van der Waals surface area contributed by atoms with Crippen LogP contribution in [0.3, 0.4) is 0 Å². The smallest absolute Gasteiger partial charge is 0.232 e. The molecule has 0 aromatic carbocycles. The average molecular weight is 342 g/mol. The Bertz CT molecular complexity index is 684. The third kappa shape index (κ3) is 3.55. The first-order valence-electron chi connectivity index (χ1n) is 9.21. The molecule has 2 aliphatic rings. The van der Waals surface area contributed by atoms with Crippen LogP contribution in [0.1, 0.15) is 37.2 Å². The SMILES string of the molecule is Cc1ccc(CN(C)c2nc(N3CCCC3)nc(N3CCCC3)n2)o1. The minimum atomic E-state index is 0.650. The van der Waals surface area contributed by atoms with Gasteiger partial charge in [0.25, 0.3) is 0 Å². The molecule has 0 saturated carbocycles. The summed E-state index contributed by atoms with van der Waals surface area (Å²) >= 11 is 0. The number of hydrogen-bond acceptors (Lipinski definition) is 7. The molecule has 0 atom stereocenters. The van der Waals surface area contributed by atoms with Crippen LogP contribution in [0.5, 0.6) is 0 Å². The van der Waals surface area contributed by atoms with Gasteiger partial charge in [0, 0.05) is 33.2 Å². The maximum absolute atomic E-state index is 5.70. The van der Waals surface area contributed by atoms with Gasteiger partial charge in [-0.2, -0.15) is 15.0 Å². The summed E-state index contributed by atoms with van der Waals surface area (Å²) < 4.78 is 5.70. The lowest BCUT2D eigenvalue weighted by molar-refractivity contribution is 0.480. The van der Waals surface area contributed by atoms with Crippen molar-refractivity contribution >= 4 is 17.8 Å². The molecule has 2 saturated heterocycles. The molecule has 0 unspecified atom stereocenters. The minimum Gasteiger partial charge on any atom is -0.464 e. The van der Waals surface area contributed by atoms with Gasteiger partial charge >= 0.3 is 0 Å². The highest BCUT2D eigenvalue weighted by Gasteiger charge is 2.22. The molecule has 0 spiro atoms. The van der Waals surface area contributed by atoms with Crippen LogP contribution in [0.15, 0.2) is 16.5 Å². The summed E-state index contributed by atoms with van der Waals surface area (Å²) in [5, 5.41) is 0. The van der Waals surface area contributed by atoms with E-state index in [0.717, 1.165) is 49.6 Å². The first-order valence-corrected chi connectivity index (χ1v) is 9.21. The van der Waals surface area contributed by atoms with E-state index in [1.165, 1.54) is 25.7 Å². The van der Waals surface area contributed by atoms with E-state index >= 15 is 0 Å². The largest absolute Gasteiger partial charge is 0.464 e. The summed E-state index contributed by atoms with van der Waals surface area (Å²) in [4.78, 5) is 20.9. The van der Waals surface area contributed by atoms with E-state index in [4.69, 9.17) is 19.4 Å². The lowest BCUT2D eigenvalue weighted by Gasteiger charge is -2.23. The third-order valence-corrected chi connectivity index (χ3v) is 4.91. The highest BCUT2D eigenvalue weighted by molar-refractivity contribution is 5.47. The van der Waals surface area contributed by atoms with Crippen molar-refractivity contribution in [3.63, 3.8) is 0 Å². The minimum absolute atomic E-state index is 0.650. The molecule has 2 fully saturated rings. The number of rotatable bonds is 5. The Morgan fingerprint density at radius 1 is 0.920 bits per heavy atom. The maximum atomic E-state index is 5.70. The van der Waals surface area contributed by atoms with Gasteiger partial charge in [0.15, 0.2) is 0 Å². The fourth-order valence-electron chi connectivity index (χ4n) is 3.51. The van der Waals surface area contributed by atoms with E-state index in [9.17, 15) is 0 Å². The monoisotopic (exact) mass is 342 g/mol. The second-order valence-electron chi connectivity index (χ2n) is 6.99. The van der Waals surface area contributed by atoms with Crippen LogP contribution >= 0.6 is 0 Å². The molecule has 134 valence electrons. The number of furan rings is 1. The van der Waals surface area contributed by atoms with E-state index < -0.39 is 0 Å². The third-order valence-electron chi connectivity index (χ3n) is 4.91. The summed E-state index contributed by atoms with van der Waals surface area (Å²) in [6.45, 7) is 6.74. The quantitative estimate of drug-likeness (QED) is 0.827. The van der Waals surface area contributed by atoms with Crippen molar-refractivity contribution in [1.82, 2.24) is 15.0 Å². The van der Waals surface area contributed by atoms with Gasteiger partial charge in [-0.1, -0.05) is 0 Å². The summed E-state index contributed by atoms with van der Waals surface area (Å²) in [6, 6.07) is 4.00. The predicted octanol–water partition coefficient (Wildman–Crippen LogP) is 2.61. The Balaban J connectivity index is 1.62. The fourth-order valence-corrected chi connectivity index (χ4v) is 3.51. The van der Waals surface area contributed by atoms with Gasteiger partial charge in [0.05, 0.1) is 6.54 Å². The zero-order valence-corrected chi connectivity index (χ0v) is 15.1. The molecule has 0 aliphatic carbocycles. The van der Waals surface area contributed by atoms with E-state index in [1.807, 2.05) is 31.0 Å². The van der Waals surface area contributed by atoms with Gasteiger partial charge in [-0.3, -0.25) is 0 Å². The highest BCUT2D eigenvalue weighted by atomic mass is 16.3. The van der Waals surface area contributed by atoms with Crippen molar-refractivity contribution in [2.45, 2.75) is 39.2 Å². The Labute approximate surface area is 148 Å². The molecular formula is C18H26N6O. The van der Waals surface area contributed by atoms with Crippen molar-refractivity contribution < 1.29 is 4.42 Å². The van der Waals surface area contributed by atoms with Gasteiger partial charge in [-0.15, -0.1) is 0 Å². The van der Waals surface area contributed by atoms with Crippen molar-refractivity contribution in [3.8, 4) is 0 Å². The zero-order valence-electron chi connectivity index (χ0n) is 15.1. The molecule has 0 radical (unpaired) electrons. The second-order valence-corrected chi connectivity index (χ2v) is 6.99. The molecule has 25 heavy (non-hydrogen) atoms. The second kappa shape index (κ2) is 6.90. The molecular weight excluding hydrogens is 316 g/mol. The Morgan fingerprint density at radius 3 is 1.96 bits per heavy atom. The average Bonchev–Trinajstić information content (AvgIpc) is 3.37. The molecule has 0 N–H and O–H groups in total. The Hall–Kier alpha value is -2.31. The lowest BCUT2D eigenvalue weighted by atomic mass is 10.4. The highest BCUT2D eigenvalue weighted by Crippen LogP contribution is 2.24. The van der Waals surface area contributed by atoms with Crippen molar-refractivity contribution in [2.24, 2.45) is 0 Å². The van der Waals surface area contributed by atoms with Crippen LogP contribution in [0.2, 0.25) is 0 Å². The summed E-state index contributed by atoms with van der Waals surface area (Å²) in [7, 11) is 2.01. The van der Waals surface area contributed by atoms with Crippen LogP contribution in [-0.2, 0) is 6.54 Å². The Kier molecular flexibility index (Phi) is 4.46. The van der Waals surface area contributed by atoms with Crippen molar-refractivity contribution in [2.75, 3.05) is 47.9 Å². The summed E-state index contributed by atoms with van der Waals surface area (Å²) in [5.74, 6) is 4.19. The standard InChI is InChI=1S/C18H26N6O/c1-14-7-8-15(25-14)13-22(2)16-19-17(23-9-3-4-10-23)21-18(20-16)24-11-5-6-12-24/h7-8H,3-6,9-13H2,1-2H3. The van der Waals surface area contributed by atoms with E-state index in [-0.39, 0.29) is 0 Å². The fraction of sp³-hybridized carbons (Fsp3) is 0.611. The van der Waals surface area contributed by atoms with E-state index in [2.05, 4.69) is 9.80 Å². The molecule has 4 rings (SSSR count). The molecule has 2 aromatic heterocycles. The maximum Gasteiger partial charge on any atom is 0.232 e. The van der Waals surface area contributed by atoms with Crippen LogP contribution in [0, 0.1) is 6.92 Å². The first-order chi connectivity index (χ1) is 12.2. The van der Waals surface area contributed by atoms with Crippen molar-refractivity contribution in [1.29, 1.82) is 0 Å². The van der Waals surface area contributed by atoms with Crippen LogP contribution in [0.4, 0.5) is 17.8 Å².